The first-order valence-corrected chi connectivity index (χ1v) is 7.53. The maximum Gasteiger partial charge on any atom is 0.293 e. The van der Waals surface area contributed by atoms with E-state index in [1.54, 1.807) is 12.1 Å². The first-order chi connectivity index (χ1) is 10.1. The Hall–Kier alpha value is -1.67. The number of aliphatic hydroxyl groups is 1. The van der Waals surface area contributed by atoms with Gasteiger partial charge in [0.15, 0.2) is 0 Å². The molecule has 2 aromatic rings. The molecule has 110 valence electrons. The van der Waals surface area contributed by atoms with Crippen LogP contribution in [0.4, 0.5) is 11.4 Å². The zero-order chi connectivity index (χ0) is 15.2. The number of nitro benzene ring substituents is 1. The molecule has 0 heterocycles. The highest BCUT2D eigenvalue weighted by Gasteiger charge is 2.19. The lowest BCUT2D eigenvalue weighted by Gasteiger charge is -2.24. The minimum Gasteiger partial charge on any atom is -0.395 e. The Kier molecular flexibility index (Phi) is 5.51. The number of rotatable bonds is 6. The first-order valence-electron chi connectivity index (χ1n) is 6.45. The topological polar surface area (TPSA) is 66.6 Å². The molecular weight excluding hydrogens is 383 g/mol. The van der Waals surface area contributed by atoms with Gasteiger partial charge in [-0.1, -0.05) is 30.3 Å². The zero-order valence-electron chi connectivity index (χ0n) is 11.3. The second-order valence-corrected chi connectivity index (χ2v) is 5.77. The highest BCUT2D eigenvalue weighted by Crippen LogP contribution is 2.30. The van der Waals surface area contributed by atoms with Gasteiger partial charge >= 0.3 is 0 Å². The standard InChI is InChI=1S/C15H15IN2O3/c16-13-6-7-14(15(10-13)18(20)21)17(8-9-19)11-12-4-2-1-3-5-12/h1-7,10,19H,8-9,11H2. The molecule has 0 aliphatic rings. The Morgan fingerprint density at radius 1 is 1.19 bits per heavy atom. The molecular formula is C15H15IN2O3. The third-order valence-electron chi connectivity index (χ3n) is 3.06. The zero-order valence-corrected chi connectivity index (χ0v) is 13.4. The molecule has 0 bridgehead atoms. The van der Waals surface area contributed by atoms with Gasteiger partial charge in [0.1, 0.15) is 5.69 Å². The maximum atomic E-state index is 11.2. The molecule has 21 heavy (non-hydrogen) atoms. The number of nitrogens with zero attached hydrogens (tertiary/aromatic N) is 2. The van der Waals surface area contributed by atoms with E-state index in [9.17, 15) is 15.2 Å². The predicted molar refractivity (Wildman–Crippen MR) is 90.4 cm³/mol. The molecule has 6 heteroatoms. The summed E-state index contributed by atoms with van der Waals surface area (Å²) in [5.74, 6) is 0. The summed E-state index contributed by atoms with van der Waals surface area (Å²) >= 11 is 2.05. The third-order valence-corrected chi connectivity index (χ3v) is 3.73. The largest absolute Gasteiger partial charge is 0.395 e. The Morgan fingerprint density at radius 2 is 1.90 bits per heavy atom. The van der Waals surface area contributed by atoms with Crippen LogP contribution in [0.15, 0.2) is 48.5 Å². The summed E-state index contributed by atoms with van der Waals surface area (Å²) in [7, 11) is 0. The highest BCUT2D eigenvalue weighted by molar-refractivity contribution is 14.1. The Balaban J connectivity index is 2.36. The van der Waals surface area contributed by atoms with Crippen molar-refractivity contribution in [2.75, 3.05) is 18.1 Å². The third kappa shape index (κ3) is 4.15. The molecule has 2 rings (SSSR count). The van der Waals surface area contributed by atoms with Gasteiger partial charge in [-0.05, 0) is 40.3 Å². The van der Waals surface area contributed by atoms with E-state index in [4.69, 9.17) is 0 Å². The van der Waals surface area contributed by atoms with Gasteiger partial charge in [0.25, 0.3) is 5.69 Å². The predicted octanol–water partition coefficient (Wildman–Crippen LogP) is 3.20. The number of halogens is 1. The van der Waals surface area contributed by atoms with Crippen molar-refractivity contribution in [3.8, 4) is 0 Å². The summed E-state index contributed by atoms with van der Waals surface area (Å²) in [6.07, 6.45) is 0. The van der Waals surface area contributed by atoms with Gasteiger partial charge in [0.2, 0.25) is 0 Å². The molecule has 0 unspecified atom stereocenters. The van der Waals surface area contributed by atoms with Crippen molar-refractivity contribution >= 4 is 34.0 Å². The smallest absolute Gasteiger partial charge is 0.293 e. The van der Waals surface area contributed by atoms with E-state index >= 15 is 0 Å². The van der Waals surface area contributed by atoms with Gasteiger partial charge in [-0.15, -0.1) is 0 Å². The number of hydrogen-bond donors (Lipinski definition) is 1. The van der Waals surface area contributed by atoms with E-state index < -0.39 is 0 Å². The number of hydrogen-bond acceptors (Lipinski definition) is 4. The second-order valence-electron chi connectivity index (χ2n) is 4.52. The maximum absolute atomic E-state index is 11.2. The average molecular weight is 398 g/mol. The molecule has 0 fully saturated rings. The lowest BCUT2D eigenvalue weighted by atomic mass is 10.2. The number of aliphatic hydroxyl groups excluding tert-OH is 1. The summed E-state index contributed by atoms with van der Waals surface area (Å²) in [4.78, 5) is 12.7. The van der Waals surface area contributed by atoms with E-state index in [0.717, 1.165) is 9.13 Å². The van der Waals surface area contributed by atoms with Gasteiger partial charge in [-0.3, -0.25) is 10.1 Å². The van der Waals surface area contributed by atoms with Crippen LogP contribution < -0.4 is 4.90 Å². The van der Waals surface area contributed by atoms with Gasteiger partial charge < -0.3 is 10.0 Å². The van der Waals surface area contributed by atoms with Crippen molar-refractivity contribution in [1.29, 1.82) is 0 Å². The molecule has 5 nitrogen and oxygen atoms in total. The fourth-order valence-corrected chi connectivity index (χ4v) is 2.59. The molecule has 0 saturated carbocycles. The number of nitro groups is 1. The van der Waals surface area contributed by atoms with Gasteiger partial charge in [0, 0.05) is 22.7 Å². The van der Waals surface area contributed by atoms with Crippen LogP contribution in [0.3, 0.4) is 0 Å². The van der Waals surface area contributed by atoms with Crippen molar-refractivity contribution in [2.45, 2.75) is 6.54 Å². The molecule has 0 radical (unpaired) electrons. The summed E-state index contributed by atoms with van der Waals surface area (Å²) < 4.78 is 0.812. The van der Waals surface area contributed by atoms with Gasteiger partial charge in [0.05, 0.1) is 11.5 Å². The van der Waals surface area contributed by atoms with E-state index in [0.29, 0.717) is 18.8 Å². The summed E-state index contributed by atoms with van der Waals surface area (Å²) in [5.41, 5.74) is 1.63. The van der Waals surface area contributed by atoms with Crippen molar-refractivity contribution in [3.63, 3.8) is 0 Å². The van der Waals surface area contributed by atoms with E-state index in [1.165, 1.54) is 0 Å². The Labute approximate surface area is 136 Å². The molecule has 0 amide bonds. The number of benzene rings is 2. The van der Waals surface area contributed by atoms with Crippen molar-refractivity contribution in [1.82, 2.24) is 0 Å². The molecule has 0 atom stereocenters. The molecule has 2 aromatic carbocycles. The normalized spacial score (nSPS) is 10.4. The van der Waals surface area contributed by atoms with Crippen LogP contribution in [0.1, 0.15) is 5.56 Å². The van der Waals surface area contributed by atoms with Crippen LogP contribution in [0.2, 0.25) is 0 Å². The number of anilines is 1. The van der Waals surface area contributed by atoms with Crippen LogP contribution in [0, 0.1) is 13.7 Å². The minimum absolute atomic E-state index is 0.0595. The van der Waals surface area contributed by atoms with Crippen molar-refractivity contribution < 1.29 is 10.0 Å². The monoisotopic (exact) mass is 398 g/mol. The Bertz CT molecular complexity index is 620. The molecule has 1 N–H and O–H groups in total. The second kappa shape index (κ2) is 7.37. The average Bonchev–Trinajstić information content (AvgIpc) is 2.48. The minimum atomic E-state index is -0.382. The first kappa shape index (κ1) is 15.7. The van der Waals surface area contributed by atoms with E-state index in [2.05, 4.69) is 22.6 Å². The van der Waals surface area contributed by atoms with Crippen LogP contribution >= 0.6 is 22.6 Å². The van der Waals surface area contributed by atoms with E-state index in [1.807, 2.05) is 41.3 Å². The van der Waals surface area contributed by atoms with Crippen LogP contribution in [0.5, 0.6) is 0 Å². The van der Waals surface area contributed by atoms with Crippen molar-refractivity contribution in [3.05, 3.63) is 67.8 Å². The van der Waals surface area contributed by atoms with Crippen LogP contribution in [-0.2, 0) is 6.54 Å². The van der Waals surface area contributed by atoms with Crippen molar-refractivity contribution in [2.24, 2.45) is 0 Å². The summed E-state index contributed by atoms with van der Waals surface area (Å²) in [6, 6.07) is 14.8. The fourth-order valence-electron chi connectivity index (χ4n) is 2.12. The summed E-state index contributed by atoms with van der Waals surface area (Å²) in [5, 5.41) is 20.5. The molecule has 0 aliphatic heterocycles. The SMILES string of the molecule is O=[N+]([O-])c1cc(I)ccc1N(CCO)Cc1ccccc1. The lowest BCUT2D eigenvalue weighted by Crippen LogP contribution is -2.26. The van der Waals surface area contributed by atoms with Crippen LogP contribution in [0.25, 0.3) is 0 Å². The molecule has 0 saturated heterocycles. The highest BCUT2D eigenvalue weighted by atomic mass is 127. The van der Waals surface area contributed by atoms with Gasteiger partial charge in [-0.2, -0.15) is 0 Å². The van der Waals surface area contributed by atoms with E-state index in [-0.39, 0.29) is 17.2 Å². The molecule has 0 aliphatic carbocycles. The van der Waals surface area contributed by atoms with Crippen LogP contribution in [-0.4, -0.2) is 23.2 Å². The fraction of sp³-hybridized carbons (Fsp3) is 0.200. The molecule has 0 aromatic heterocycles. The van der Waals surface area contributed by atoms with Gasteiger partial charge in [-0.25, -0.2) is 0 Å². The molecule has 0 spiro atoms. The summed E-state index contributed by atoms with van der Waals surface area (Å²) in [6.45, 7) is 0.801. The Morgan fingerprint density at radius 3 is 2.52 bits per heavy atom. The lowest BCUT2D eigenvalue weighted by molar-refractivity contribution is -0.384. The quantitative estimate of drug-likeness (QED) is 0.461.